The van der Waals surface area contributed by atoms with Crippen LogP contribution in [0.4, 0.5) is 5.69 Å². The van der Waals surface area contributed by atoms with E-state index in [4.69, 9.17) is 4.42 Å². The Morgan fingerprint density at radius 1 is 0.875 bits per heavy atom. The van der Waals surface area contributed by atoms with Crippen LogP contribution in [0, 0.1) is 13.8 Å². The van der Waals surface area contributed by atoms with Crippen LogP contribution in [0.3, 0.4) is 0 Å². The van der Waals surface area contributed by atoms with Crippen molar-refractivity contribution < 1.29 is 30.4 Å². The average Bonchev–Trinajstić information content (AvgIpc) is 2.88. The predicted octanol–water partition coefficient (Wildman–Crippen LogP) is 4.63. The maximum Gasteiger partial charge on any atom is 0.294 e. The van der Waals surface area contributed by atoms with E-state index in [1.54, 1.807) is 0 Å². The van der Waals surface area contributed by atoms with E-state index in [9.17, 15) is 25.9 Å². The topological polar surface area (TPSA) is 131 Å². The van der Waals surface area contributed by atoms with E-state index in [0.717, 1.165) is 54.4 Å². The highest BCUT2D eigenvalue weighted by atomic mass is 32.2. The van der Waals surface area contributed by atoms with Crippen molar-refractivity contribution in [3.05, 3.63) is 58.9 Å². The summed E-state index contributed by atoms with van der Waals surface area (Å²) in [6, 6.07) is 10.7. The van der Waals surface area contributed by atoms with Gasteiger partial charge in [0.1, 0.15) is 34.6 Å². The van der Waals surface area contributed by atoms with E-state index < -0.39 is 30.0 Å². The summed E-state index contributed by atoms with van der Waals surface area (Å²) in [6.07, 6.45) is 0. The van der Waals surface area contributed by atoms with Crippen molar-refractivity contribution in [2.24, 2.45) is 0 Å². The molecule has 0 unspecified atom stereocenters. The Morgan fingerprint density at radius 2 is 1.52 bits per heavy atom. The molecule has 40 heavy (non-hydrogen) atoms. The summed E-state index contributed by atoms with van der Waals surface area (Å²) in [5.41, 5.74) is 4.31. The van der Waals surface area contributed by atoms with Crippen molar-refractivity contribution in [3.63, 3.8) is 0 Å². The molecular formula is C29H34N2O7S2. The zero-order valence-electron chi connectivity index (χ0n) is 23.5. The van der Waals surface area contributed by atoms with Crippen molar-refractivity contribution in [2.45, 2.75) is 51.3 Å². The number of benzene rings is 3. The summed E-state index contributed by atoms with van der Waals surface area (Å²) in [5, 5.41) is 1.53. The first-order valence-corrected chi connectivity index (χ1v) is 16.0. The molecule has 0 aromatic heterocycles. The Labute approximate surface area is 235 Å². The second-order valence-corrected chi connectivity index (χ2v) is 12.4. The third kappa shape index (κ3) is 5.38. The first kappa shape index (κ1) is 29.7. The SMILES string of the molecule is CCN(CC)c1cc2oc3cc(=[N+](CC)CC)c(C)cc-3c(-c3ccc(S(=O)(=O)O)cc3S(=O)(=O)[O-])c2cc1C. The van der Waals surface area contributed by atoms with Gasteiger partial charge in [-0.05, 0) is 71.4 Å². The fourth-order valence-electron chi connectivity index (χ4n) is 5.35. The molecule has 11 heteroatoms. The highest BCUT2D eigenvalue weighted by molar-refractivity contribution is 7.86. The van der Waals surface area contributed by atoms with E-state index in [0.29, 0.717) is 33.9 Å². The number of hydrogen-bond donors (Lipinski definition) is 1. The summed E-state index contributed by atoms with van der Waals surface area (Å²) >= 11 is 0. The summed E-state index contributed by atoms with van der Waals surface area (Å²) in [4.78, 5) is 0.756. The molecule has 0 fully saturated rings. The molecule has 2 aromatic carbocycles. The molecule has 4 rings (SSSR count). The molecule has 0 bridgehead atoms. The maximum atomic E-state index is 12.5. The zero-order valence-corrected chi connectivity index (χ0v) is 25.1. The summed E-state index contributed by atoms with van der Waals surface area (Å²) < 4.78 is 79.3. The van der Waals surface area contributed by atoms with Gasteiger partial charge in [-0.3, -0.25) is 4.55 Å². The van der Waals surface area contributed by atoms with E-state index in [1.807, 2.05) is 38.1 Å². The smallest absolute Gasteiger partial charge is 0.294 e. The van der Waals surface area contributed by atoms with Crippen molar-refractivity contribution in [1.29, 1.82) is 0 Å². The second kappa shape index (κ2) is 11.0. The molecule has 0 spiro atoms. The first-order valence-electron chi connectivity index (χ1n) is 13.2. The molecule has 0 saturated heterocycles. The second-order valence-electron chi connectivity index (χ2n) is 9.68. The van der Waals surface area contributed by atoms with Gasteiger partial charge in [-0.1, -0.05) is 6.07 Å². The van der Waals surface area contributed by atoms with Crippen LogP contribution in [0.25, 0.3) is 33.4 Å². The molecule has 1 aliphatic heterocycles. The molecule has 2 aromatic rings. The standard InChI is InChI=1S/C29H34N2O7S2/c1-7-30(8-2)24-16-26-22(13-18(24)5)29(21-12-11-20(39(32,33)34)15-28(21)40(35,36)37)23-14-19(6)25(17-27(23)38-26)31(9-3)10-4/h11-17H,7-10H2,1-6H3,(H-,32,33,34,35,36,37). The Kier molecular flexibility index (Phi) is 8.15. The fraction of sp³-hybridized carbons (Fsp3) is 0.345. The fourth-order valence-corrected chi connectivity index (χ4v) is 6.65. The highest BCUT2D eigenvalue weighted by Gasteiger charge is 2.26. The van der Waals surface area contributed by atoms with Crippen LogP contribution in [0.5, 0.6) is 0 Å². The normalized spacial score (nSPS) is 12.3. The Morgan fingerprint density at radius 3 is 2.08 bits per heavy atom. The number of rotatable bonds is 8. The monoisotopic (exact) mass is 586 g/mol. The molecule has 214 valence electrons. The van der Waals surface area contributed by atoms with E-state index in [2.05, 4.69) is 37.2 Å². The lowest BCUT2D eigenvalue weighted by atomic mass is 9.91. The molecule has 2 aliphatic rings. The van der Waals surface area contributed by atoms with Crippen molar-refractivity contribution in [2.75, 3.05) is 31.1 Å². The largest absolute Gasteiger partial charge is 0.744 e. The molecule has 9 nitrogen and oxygen atoms in total. The first-order chi connectivity index (χ1) is 18.7. The molecule has 1 aliphatic carbocycles. The molecule has 0 radical (unpaired) electrons. The molecule has 0 saturated carbocycles. The van der Waals surface area contributed by atoms with Crippen LogP contribution in [0.2, 0.25) is 0 Å². The van der Waals surface area contributed by atoms with E-state index >= 15 is 0 Å². The van der Waals surface area contributed by atoms with Gasteiger partial charge < -0.3 is 13.9 Å². The van der Waals surface area contributed by atoms with Crippen LogP contribution in [-0.2, 0) is 20.2 Å². The summed E-state index contributed by atoms with van der Waals surface area (Å²) in [7, 11) is -9.91. The zero-order chi connectivity index (χ0) is 29.6. The van der Waals surface area contributed by atoms with Gasteiger partial charge in [0.25, 0.3) is 10.1 Å². The number of anilines is 1. The lowest BCUT2D eigenvalue weighted by Gasteiger charge is -2.25. The average molecular weight is 587 g/mol. The predicted molar refractivity (Wildman–Crippen MR) is 155 cm³/mol. The number of nitrogens with zero attached hydrogens (tertiary/aromatic N) is 2. The Bertz CT molecular complexity index is 1860. The summed E-state index contributed by atoms with van der Waals surface area (Å²) in [5.74, 6) is 0.484. The van der Waals surface area contributed by atoms with Gasteiger partial charge in [-0.2, -0.15) is 8.42 Å². The molecule has 1 N–H and O–H groups in total. The van der Waals surface area contributed by atoms with Crippen LogP contribution >= 0.6 is 0 Å². The minimum atomic E-state index is -5.15. The lowest BCUT2D eigenvalue weighted by Crippen LogP contribution is -2.31. The number of aryl methyl sites for hydroxylation is 2. The van der Waals surface area contributed by atoms with Crippen LogP contribution < -0.4 is 14.8 Å². The minimum Gasteiger partial charge on any atom is -0.744 e. The van der Waals surface area contributed by atoms with Crippen molar-refractivity contribution >= 4 is 36.9 Å². The molecule has 0 atom stereocenters. The highest BCUT2D eigenvalue weighted by Crippen LogP contribution is 2.44. The minimum absolute atomic E-state index is 0.0261. The van der Waals surface area contributed by atoms with Crippen molar-refractivity contribution in [1.82, 2.24) is 4.58 Å². The third-order valence-electron chi connectivity index (χ3n) is 7.35. The lowest BCUT2D eigenvalue weighted by molar-refractivity contribution is 0.463. The Balaban J connectivity index is 2.27. The van der Waals surface area contributed by atoms with Gasteiger partial charge in [0.15, 0.2) is 0 Å². The molecule has 1 heterocycles. The van der Waals surface area contributed by atoms with Gasteiger partial charge in [-0.25, -0.2) is 13.0 Å². The summed E-state index contributed by atoms with van der Waals surface area (Å²) in [6.45, 7) is 15.2. The van der Waals surface area contributed by atoms with E-state index in [-0.39, 0.29) is 5.56 Å². The van der Waals surface area contributed by atoms with Crippen LogP contribution in [0.15, 0.2) is 56.7 Å². The van der Waals surface area contributed by atoms with Gasteiger partial charge in [0, 0.05) is 52.5 Å². The quantitative estimate of drug-likeness (QED) is 0.180. The third-order valence-corrected chi connectivity index (χ3v) is 9.08. The van der Waals surface area contributed by atoms with Gasteiger partial charge in [-0.15, -0.1) is 0 Å². The van der Waals surface area contributed by atoms with Gasteiger partial charge in [0.05, 0.1) is 15.9 Å². The maximum absolute atomic E-state index is 12.5. The molecule has 0 amide bonds. The van der Waals surface area contributed by atoms with E-state index in [1.165, 1.54) is 6.07 Å². The van der Waals surface area contributed by atoms with Crippen LogP contribution in [0.1, 0.15) is 38.8 Å². The number of fused-ring (bicyclic) bond motifs is 2. The number of hydrogen-bond acceptors (Lipinski definition) is 7. The van der Waals surface area contributed by atoms with Crippen molar-refractivity contribution in [3.8, 4) is 22.5 Å². The van der Waals surface area contributed by atoms with Gasteiger partial charge in [0.2, 0.25) is 5.36 Å². The Hall–Kier alpha value is -3.25. The van der Waals surface area contributed by atoms with Crippen LogP contribution in [-0.4, -0.2) is 52.1 Å². The molecular weight excluding hydrogens is 552 g/mol. The van der Waals surface area contributed by atoms with Gasteiger partial charge >= 0.3 is 0 Å².